The summed E-state index contributed by atoms with van der Waals surface area (Å²) in [7, 11) is 0. The highest BCUT2D eigenvalue weighted by atomic mass is 16.5. The molecule has 0 amide bonds. The number of ether oxygens (including phenoxy) is 1. The summed E-state index contributed by atoms with van der Waals surface area (Å²) in [6, 6.07) is 1.88. The Morgan fingerprint density at radius 1 is 1.20 bits per heavy atom. The van der Waals surface area contributed by atoms with E-state index in [9.17, 15) is 5.11 Å². The van der Waals surface area contributed by atoms with E-state index in [4.69, 9.17) is 4.74 Å². The van der Waals surface area contributed by atoms with Crippen molar-refractivity contribution in [3.63, 3.8) is 0 Å². The first-order valence-corrected chi connectivity index (χ1v) is 7.27. The third-order valence-corrected chi connectivity index (χ3v) is 2.63. The summed E-state index contributed by atoms with van der Waals surface area (Å²) in [5.74, 6) is 2.22. The maximum atomic E-state index is 9.27. The first kappa shape index (κ1) is 16.7. The molecule has 1 aromatic heterocycles. The molecule has 0 saturated carbocycles. The summed E-state index contributed by atoms with van der Waals surface area (Å²) >= 11 is 0. The number of aliphatic hydroxyl groups is 1. The molecule has 3 N–H and O–H groups in total. The van der Waals surface area contributed by atoms with E-state index in [1.807, 2.05) is 13.0 Å². The van der Waals surface area contributed by atoms with Gasteiger partial charge in [-0.05, 0) is 26.7 Å². The van der Waals surface area contributed by atoms with E-state index in [1.165, 1.54) is 0 Å². The van der Waals surface area contributed by atoms with Gasteiger partial charge in [0.15, 0.2) is 5.82 Å². The monoisotopic (exact) mass is 282 g/mol. The van der Waals surface area contributed by atoms with Gasteiger partial charge in [-0.25, -0.2) is 9.97 Å². The van der Waals surface area contributed by atoms with Crippen molar-refractivity contribution in [1.82, 2.24) is 9.97 Å². The van der Waals surface area contributed by atoms with Gasteiger partial charge in [-0.3, -0.25) is 0 Å². The molecular formula is C14H26N4O2. The van der Waals surface area contributed by atoms with Crippen molar-refractivity contribution in [1.29, 1.82) is 0 Å². The van der Waals surface area contributed by atoms with E-state index in [-0.39, 0.29) is 6.10 Å². The summed E-state index contributed by atoms with van der Waals surface area (Å²) in [5.41, 5.74) is 0. The highest BCUT2D eigenvalue weighted by Gasteiger charge is 2.05. The zero-order valence-electron chi connectivity index (χ0n) is 12.6. The quantitative estimate of drug-likeness (QED) is 0.609. The second-order valence-electron chi connectivity index (χ2n) is 4.68. The highest BCUT2D eigenvalue weighted by Crippen LogP contribution is 2.12. The minimum atomic E-state index is -0.315. The largest absolute Gasteiger partial charge is 0.393 e. The van der Waals surface area contributed by atoms with Crippen molar-refractivity contribution in [3.8, 4) is 0 Å². The molecule has 0 spiro atoms. The number of aliphatic hydroxyl groups excluding tert-OH is 1. The Balaban J connectivity index is 2.68. The van der Waals surface area contributed by atoms with E-state index < -0.39 is 0 Å². The van der Waals surface area contributed by atoms with Crippen LogP contribution in [0, 0.1) is 0 Å². The fraction of sp³-hybridized carbons (Fsp3) is 0.714. The van der Waals surface area contributed by atoms with Crippen LogP contribution in [0.3, 0.4) is 0 Å². The molecule has 1 aromatic rings. The number of hydrogen-bond acceptors (Lipinski definition) is 6. The lowest BCUT2D eigenvalue weighted by atomic mass is 10.3. The Morgan fingerprint density at radius 3 is 2.40 bits per heavy atom. The topological polar surface area (TPSA) is 79.3 Å². The summed E-state index contributed by atoms with van der Waals surface area (Å²) in [4.78, 5) is 8.82. The maximum absolute atomic E-state index is 9.27. The van der Waals surface area contributed by atoms with Gasteiger partial charge < -0.3 is 20.5 Å². The highest BCUT2D eigenvalue weighted by molar-refractivity contribution is 5.47. The first-order chi connectivity index (χ1) is 9.65. The van der Waals surface area contributed by atoms with Crippen molar-refractivity contribution < 1.29 is 9.84 Å². The Kier molecular flexibility index (Phi) is 7.91. The van der Waals surface area contributed by atoms with Crippen molar-refractivity contribution in [3.05, 3.63) is 11.9 Å². The molecule has 114 valence electrons. The number of rotatable bonds is 10. The summed E-state index contributed by atoms with van der Waals surface area (Å²) in [6.07, 6.45) is 1.41. The molecule has 0 aliphatic heterocycles. The Hall–Kier alpha value is -1.40. The molecule has 0 saturated heterocycles. The van der Waals surface area contributed by atoms with Crippen LogP contribution in [-0.2, 0) is 11.3 Å². The van der Waals surface area contributed by atoms with Crippen molar-refractivity contribution in [2.24, 2.45) is 0 Å². The summed E-state index contributed by atoms with van der Waals surface area (Å²) < 4.78 is 5.36. The Morgan fingerprint density at radius 2 is 1.85 bits per heavy atom. The van der Waals surface area contributed by atoms with Crippen LogP contribution in [-0.4, -0.2) is 40.9 Å². The molecule has 0 aromatic carbocycles. The van der Waals surface area contributed by atoms with Gasteiger partial charge in [0.1, 0.15) is 18.2 Å². The molecular weight excluding hydrogens is 256 g/mol. The number of aromatic nitrogens is 2. The lowest BCUT2D eigenvalue weighted by Gasteiger charge is -2.11. The van der Waals surface area contributed by atoms with E-state index in [2.05, 4.69) is 27.5 Å². The third-order valence-electron chi connectivity index (χ3n) is 2.63. The molecule has 6 heteroatoms. The van der Waals surface area contributed by atoms with E-state index in [0.29, 0.717) is 32.0 Å². The van der Waals surface area contributed by atoms with Gasteiger partial charge in [0.05, 0.1) is 6.10 Å². The number of nitrogens with zero attached hydrogens (tertiary/aromatic N) is 2. The van der Waals surface area contributed by atoms with Crippen molar-refractivity contribution in [2.75, 3.05) is 30.3 Å². The van der Waals surface area contributed by atoms with Gasteiger partial charge in [0.25, 0.3) is 0 Å². The van der Waals surface area contributed by atoms with Crippen LogP contribution in [0.5, 0.6) is 0 Å². The van der Waals surface area contributed by atoms with E-state index >= 15 is 0 Å². The molecule has 20 heavy (non-hydrogen) atoms. The SMILES string of the molecule is CCCNc1cc(NCCC(C)O)nc(COCC)n1. The standard InChI is InChI=1S/C14H26N4O2/c1-4-7-15-12-9-13(16-8-6-11(3)19)18-14(17-12)10-20-5-2/h9,11,19H,4-8,10H2,1-3H3,(H2,15,16,17,18). The van der Waals surface area contributed by atoms with E-state index in [0.717, 1.165) is 24.6 Å². The van der Waals surface area contributed by atoms with Gasteiger partial charge in [0, 0.05) is 25.8 Å². The van der Waals surface area contributed by atoms with Gasteiger partial charge in [-0.1, -0.05) is 6.92 Å². The van der Waals surface area contributed by atoms with E-state index in [1.54, 1.807) is 6.92 Å². The number of nitrogens with one attached hydrogen (secondary N) is 2. The summed E-state index contributed by atoms with van der Waals surface area (Å²) in [6.45, 7) is 8.42. The Bertz CT molecular complexity index is 359. The normalized spacial score (nSPS) is 12.2. The number of anilines is 2. The van der Waals surface area contributed by atoms with Gasteiger partial charge in [0.2, 0.25) is 0 Å². The van der Waals surface area contributed by atoms with Crippen LogP contribution in [0.15, 0.2) is 6.07 Å². The molecule has 1 heterocycles. The second-order valence-corrected chi connectivity index (χ2v) is 4.68. The molecule has 0 radical (unpaired) electrons. The molecule has 0 aliphatic rings. The third kappa shape index (κ3) is 6.68. The fourth-order valence-electron chi connectivity index (χ4n) is 1.60. The predicted molar refractivity (Wildman–Crippen MR) is 80.9 cm³/mol. The van der Waals surface area contributed by atoms with Crippen LogP contribution in [0.1, 0.15) is 39.4 Å². The minimum Gasteiger partial charge on any atom is -0.393 e. The predicted octanol–water partition coefficient (Wildman–Crippen LogP) is 2.02. The lowest BCUT2D eigenvalue weighted by molar-refractivity contribution is 0.128. The maximum Gasteiger partial charge on any atom is 0.158 e. The summed E-state index contributed by atoms with van der Waals surface area (Å²) in [5, 5.41) is 15.7. The molecule has 0 bridgehead atoms. The molecule has 1 atom stereocenters. The smallest absolute Gasteiger partial charge is 0.158 e. The zero-order chi connectivity index (χ0) is 14.8. The zero-order valence-corrected chi connectivity index (χ0v) is 12.6. The van der Waals surface area contributed by atoms with Crippen molar-refractivity contribution in [2.45, 2.75) is 46.3 Å². The number of hydrogen-bond donors (Lipinski definition) is 3. The molecule has 1 unspecified atom stereocenters. The van der Waals surface area contributed by atoms with Crippen LogP contribution in [0.4, 0.5) is 11.6 Å². The second kappa shape index (κ2) is 9.50. The molecule has 0 fully saturated rings. The molecule has 6 nitrogen and oxygen atoms in total. The van der Waals surface area contributed by atoms with Gasteiger partial charge in [-0.2, -0.15) is 0 Å². The van der Waals surface area contributed by atoms with Crippen LogP contribution >= 0.6 is 0 Å². The minimum absolute atomic E-state index is 0.315. The van der Waals surface area contributed by atoms with Crippen molar-refractivity contribution >= 4 is 11.6 Å². The van der Waals surface area contributed by atoms with Crippen LogP contribution in [0.2, 0.25) is 0 Å². The molecule has 0 aliphatic carbocycles. The van der Waals surface area contributed by atoms with Crippen LogP contribution < -0.4 is 10.6 Å². The fourth-order valence-corrected chi connectivity index (χ4v) is 1.60. The molecule has 1 rings (SSSR count). The van der Waals surface area contributed by atoms with Crippen LogP contribution in [0.25, 0.3) is 0 Å². The first-order valence-electron chi connectivity index (χ1n) is 7.27. The van der Waals surface area contributed by atoms with Gasteiger partial charge in [-0.15, -0.1) is 0 Å². The average molecular weight is 282 g/mol. The average Bonchev–Trinajstić information content (AvgIpc) is 2.42. The van der Waals surface area contributed by atoms with Gasteiger partial charge >= 0.3 is 0 Å². The Labute approximate surface area is 121 Å². The lowest BCUT2D eigenvalue weighted by Crippen LogP contribution is -2.13.